The zero-order valence-electron chi connectivity index (χ0n) is 15.7. The highest BCUT2D eigenvalue weighted by atomic mass is 16.5. The molecule has 0 heterocycles. The number of carbonyl (C=O) groups excluding carboxylic acids is 1. The standard InChI is InChI=1S/C22H29NO3/c1-3-7-22(25)26-17-21(24)16-23(14-19-8-5-4-6-9-19)15-20-12-10-18(2)11-13-20/h4-6,8-13,21,24H,3,7,14-17H2,1-2H3/t21-/m1/s1. The van der Waals surface area contributed by atoms with E-state index in [1.807, 2.05) is 25.1 Å². The fourth-order valence-electron chi connectivity index (χ4n) is 2.79. The highest BCUT2D eigenvalue weighted by Gasteiger charge is 2.15. The number of aliphatic hydroxyl groups excluding tert-OH is 1. The highest BCUT2D eigenvalue weighted by molar-refractivity contribution is 5.69. The molecule has 0 aliphatic rings. The summed E-state index contributed by atoms with van der Waals surface area (Å²) in [4.78, 5) is 13.7. The number of aryl methyl sites for hydroxylation is 1. The number of rotatable bonds is 10. The van der Waals surface area contributed by atoms with Crippen LogP contribution in [0.1, 0.15) is 36.5 Å². The Morgan fingerprint density at radius 3 is 2.27 bits per heavy atom. The SMILES string of the molecule is CCCC(=O)OC[C@H](O)CN(Cc1ccccc1)Cc1ccc(C)cc1. The maximum Gasteiger partial charge on any atom is 0.305 e. The lowest BCUT2D eigenvalue weighted by Crippen LogP contribution is -2.34. The van der Waals surface area contributed by atoms with Gasteiger partial charge in [-0.05, 0) is 24.5 Å². The van der Waals surface area contributed by atoms with Gasteiger partial charge in [-0.3, -0.25) is 9.69 Å². The third kappa shape index (κ3) is 7.38. The minimum atomic E-state index is -0.704. The maximum absolute atomic E-state index is 11.5. The number of nitrogens with zero attached hydrogens (tertiary/aromatic N) is 1. The molecule has 4 nitrogen and oxygen atoms in total. The van der Waals surface area contributed by atoms with Crippen molar-refractivity contribution in [2.75, 3.05) is 13.2 Å². The third-order valence-corrected chi connectivity index (χ3v) is 4.14. The molecule has 0 bridgehead atoms. The van der Waals surface area contributed by atoms with E-state index >= 15 is 0 Å². The van der Waals surface area contributed by atoms with Crippen LogP contribution < -0.4 is 0 Å². The Hall–Kier alpha value is -2.17. The number of ether oxygens (including phenoxy) is 1. The number of aliphatic hydroxyl groups is 1. The highest BCUT2D eigenvalue weighted by Crippen LogP contribution is 2.12. The van der Waals surface area contributed by atoms with Gasteiger partial charge in [0.25, 0.3) is 0 Å². The largest absolute Gasteiger partial charge is 0.463 e. The Morgan fingerprint density at radius 2 is 1.65 bits per heavy atom. The summed E-state index contributed by atoms with van der Waals surface area (Å²) in [5, 5.41) is 10.3. The second-order valence-corrected chi connectivity index (χ2v) is 6.73. The molecule has 1 atom stereocenters. The molecule has 0 aromatic heterocycles. The lowest BCUT2D eigenvalue weighted by atomic mass is 10.1. The van der Waals surface area contributed by atoms with Crippen LogP contribution in [0.2, 0.25) is 0 Å². The Kier molecular flexibility index (Phi) is 8.32. The lowest BCUT2D eigenvalue weighted by Gasteiger charge is -2.25. The summed E-state index contributed by atoms with van der Waals surface area (Å²) in [7, 11) is 0. The second kappa shape index (κ2) is 10.7. The molecule has 0 saturated heterocycles. The van der Waals surface area contributed by atoms with Crippen LogP contribution in [0.4, 0.5) is 0 Å². The number of esters is 1. The Labute approximate surface area is 156 Å². The molecule has 2 aromatic rings. The van der Waals surface area contributed by atoms with E-state index in [1.54, 1.807) is 0 Å². The third-order valence-electron chi connectivity index (χ3n) is 4.14. The van der Waals surface area contributed by atoms with Gasteiger partial charge >= 0.3 is 5.97 Å². The smallest absolute Gasteiger partial charge is 0.305 e. The van der Waals surface area contributed by atoms with Gasteiger partial charge in [-0.1, -0.05) is 67.1 Å². The van der Waals surface area contributed by atoms with Crippen molar-refractivity contribution in [3.63, 3.8) is 0 Å². The predicted octanol–water partition coefficient (Wildman–Crippen LogP) is 3.70. The zero-order valence-corrected chi connectivity index (χ0v) is 15.7. The molecule has 0 spiro atoms. The van der Waals surface area contributed by atoms with Crippen LogP contribution >= 0.6 is 0 Å². The van der Waals surface area contributed by atoms with Crippen molar-refractivity contribution in [3.8, 4) is 0 Å². The van der Waals surface area contributed by atoms with Crippen LogP contribution in [0.3, 0.4) is 0 Å². The normalized spacial score (nSPS) is 12.2. The van der Waals surface area contributed by atoms with E-state index in [0.717, 1.165) is 19.5 Å². The summed E-state index contributed by atoms with van der Waals surface area (Å²) in [6.45, 7) is 5.95. The fraction of sp³-hybridized carbons (Fsp3) is 0.409. The Bertz CT molecular complexity index is 655. The van der Waals surface area contributed by atoms with Gasteiger partial charge in [0.15, 0.2) is 0 Å². The van der Waals surface area contributed by atoms with Gasteiger partial charge in [-0.15, -0.1) is 0 Å². The number of hydrogen-bond donors (Lipinski definition) is 1. The summed E-state index contributed by atoms with van der Waals surface area (Å²) >= 11 is 0. The molecule has 0 fully saturated rings. The molecule has 2 rings (SSSR count). The predicted molar refractivity (Wildman–Crippen MR) is 104 cm³/mol. The number of benzene rings is 2. The van der Waals surface area contributed by atoms with Crippen LogP contribution in [0.5, 0.6) is 0 Å². The van der Waals surface area contributed by atoms with Crippen molar-refractivity contribution in [2.45, 2.75) is 45.9 Å². The summed E-state index contributed by atoms with van der Waals surface area (Å²) in [6.07, 6.45) is 0.441. The molecular weight excluding hydrogens is 326 g/mol. The van der Waals surface area contributed by atoms with Crippen LogP contribution in [0, 0.1) is 6.92 Å². The van der Waals surface area contributed by atoms with E-state index < -0.39 is 6.10 Å². The first kappa shape index (κ1) is 20.1. The molecule has 2 aromatic carbocycles. The quantitative estimate of drug-likeness (QED) is 0.660. The molecule has 0 radical (unpaired) electrons. The minimum absolute atomic E-state index is 0.0397. The topological polar surface area (TPSA) is 49.8 Å². The summed E-state index contributed by atoms with van der Waals surface area (Å²) < 4.78 is 5.15. The van der Waals surface area contributed by atoms with Crippen molar-refractivity contribution >= 4 is 5.97 Å². The fourth-order valence-corrected chi connectivity index (χ4v) is 2.79. The first-order chi connectivity index (χ1) is 12.6. The van der Waals surface area contributed by atoms with Crippen LogP contribution in [0.15, 0.2) is 54.6 Å². The lowest BCUT2D eigenvalue weighted by molar-refractivity contribution is -0.147. The monoisotopic (exact) mass is 355 g/mol. The molecule has 0 saturated carbocycles. The van der Waals surface area contributed by atoms with Gasteiger partial charge in [0.2, 0.25) is 0 Å². The first-order valence-corrected chi connectivity index (χ1v) is 9.22. The van der Waals surface area contributed by atoms with Crippen molar-refractivity contribution in [1.82, 2.24) is 4.90 Å². The Morgan fingerprint density at radius 1 is 1.04 bits per heavy atom. The van der Waals surface area contributed by atoms with E-state index in [-0.39, 0.29) is 12.6 Å². The Balaban J connectivity index is 1.97. The summed E-state index contributed by atoms with van der Waals surface area (Å²) in [5.74, 6) is -0.250. The maximum atomic E-state index is 11.5. The molecule has 0 aliphatic heterocycles. The van der Waals surface area contributed by atoms with Gasteiger partial charge < -0.3 is 9.84 Å². The van der Waals surface area contributed by atoms with Gasteiger partial charge in [-0.2, -0.15) is 0 Å². The molecular formula is C22H29NO3. The van der Waals surface area contributed by atoms with Crippen molar-refractivity contribution in [2.24, 2.45) is 0 Å². The average molecular weight is 355 g/mol. The average Bonchev–Trinajstić information content (AvgIpc) is 2.63. The van der Waals surface area contributed by atoms with Crippen LogP contribution in [-0.2, 0) is 22.6 Å². The van der Waals surface area contributed by atoms with E-state index in [9.17, 15) is 9.90 Å². The van der Waals surface area contributed by atoms with E-state index in [0.29, 0.717) is 13.0 Å². The molecule has 0 unspecified atom stereocenters. The van der Waals surface area contributed by atoms with Gasteiger partial charge in [0.1, 0.15) is 12.7 Å². The molecule has 140 valence electrons. The van der Waals surface area contributed by atoms with Gasteiger partial charge in [-0.25, -0.2) is 0 Å². The molecule has 4 heteroatoms. The molecule has 0 amide bonds. The van der Waals surface area contributed by atoms with Gasteiger partial charge in [0, 0.05) is 26.1 Å². The second-order valence-electron chi connectivity index (χ2n) is 6.73. The van der Waals surface area contributed by atoms with Gasteiger partial charge in [0.05, 0.1) is 0 Å². The van der Waals surface area contributed by atoms with E-state index in [1.165, 1.54) is 16.7 Å². The van der Waals surface area contributed by atoms with Crippen molar-refractivity contribution in [3.05, 3.63) is 71.3 Å². The molecule has 0 aliphatic carbocycles. The van der Waals surface area contributed by atoms with Crippen molar-refractivity contribution in [1.29, 1.82) is 0 Å². The summed E-state index contributed by atoms with van der Waals surface area (Å²) in [5.41, 5.74) is 3.61. The first-order valence-electron chi connectivity index (χ1n) is 9.22. The van der Waals surface area contributed by atoms with Crippen LogP contribution in [0.25, 0.3) is 0 Å². The summed E-state index contributed by atoms with van der Waals surface area (Å²) in [6, 6.07) is 18.6. The van der Waals surface area contributed by atoms with Crippen molar-refractivity contribution < 1.29 is 14.6 Å². The molecule has 1 N–H and O–H groups in total. The number of hydrogen-bond acceptors (Lipinski definition) is 4. The van der Waals surface area contributed by atoms with E-state index in [4.69, 9.17) is 4.74 Å². The van der Waals surface area contributed by atoms with Crippen LogP contribution in [-0.4, -0.2) is 35.2 Å². The number of carbonyl (C=O) groups is 1. The minimum Gasteiger partial charge on any atom is -0.463 e. The zero-order chi connectivity index (χ0) is 18.8. The van der Waals surface area contributed by atoms with E-state index in [2.05, 4.69) is 48.2 Å². The molecule has 26 heavy (non-hydrogen) atoms.